The zero-order valence-electron chi connectivity index (χ0n) is 7.08. The van der Waals surface area contributed by atoms with Gasteiger partial charge in [-0.2, -0.15) is 0 Å². The lowest BCUT2D eigenvalue weighted by molar-refractivity contribution is 0.219. The van der Waals surface area contributed by atoms with E-state index in [1.165, 1.54) is 6.26 Å². The van der Waals surface area contributed by atoms with E-state index in [1.807, 2.05) is 6.92 Å². The first-order valence-corrected chi connectivity index (χ1v) is 5.84. The Morgan fingerprint density at radius 3 is 2.27 bits per heavy atom. The summed E-state index contributed by atoms with van der Waals surface area (Å²) in [6.07, 6.45) is 2.63. The Morgan fingerprint density at radius 2 is 2.00 bits per heavy atom. The molecule has 0 heterocycles. The molecule has 0 aromatic heterocycles. The summed E-state index contributed by atoms with van der Waals surface area (Å²) < 4.78 is 21.4. The van der Waals surface area contributed by atoms with Crippen LogP contribution < -0.4 is 0 Å². The third kappa shape index (κ3) is 6.31. The van der Waals surface area contributed by atoms with Crippen LogP contribution in [0.4, 0.5) is 0 Å². The molecule has 0 saturated carbocycles. The minimum Gasteiger partial charge on any atom is -0.396 e. The molecule has 0 aliphatic carbocycles. The summed E-state index contributed by atoms with van der Waals surface area (Å²) in [6, 6.07) is 0. The molecule has 68 valence electrons. The summed E-state index contributed by atoms with van der Waals surface area (Å²) in [4.78, 5) is 0. The molecule has 0 amide bonds. The van der Waals surface area contributed by atoms with Gasteiger partial charge in [0.25, 0.3) is 0 Å². The molecule has 0 aliphatic rings. The summed E-state index contributed by atoms with van der Waals surface area (Å²) in [5, 5.41) is 8.73. The van der Waals surface area contributed by atoms with Crippen molar-refractivity contribution in [2.75, 3.05) is 18.6 Å². The van der Waals surface area contributed by atoms with Crippen LogP contribution >= 0.6 is 0 Å². The first kappa shape index (κ1) is 10.9. The molecule has 0 aromatic rings. The van der Waals surface area contributed by atoms with Crippen molar-refractivity contribution >= 4 is 9.84 Å². The molecule has 1 atom stereocenters. The molecule has 3 nitrogen and oxygen atoms in total. The lowest BCUT2D eigenvalue weighted by Crippen LogP contribution is -2.12. The van der Waals surface area contributed by atoms with Crippen LogP contribution in [0.2, 0.25) is 0 Å². The molecule has 0 spiro atoms. The lowest BCUT2D eigenvalue weighted by atomic mass is 10.1. The van der Waals surface area contributed by atoms with Gasteiger partial charge < -0.3 is 5.11 Å². The maximum absolute atomic E-state index is 10.7. The van der Waals surface area contributed by atoms with E-state index in [1.54, 1.807) is 0 Å². The number of hydrogen-bond donors (Lipinski definition) is 1. The van der Waals surface area contributed by atoms with Gasteiger partial charge >= 0.3 is 0 Å². The molecule has 0 bridgehead atoms. The Labute approximate surface area is 68.3 Å². The summed E-state index contributed by atoms with van der Waals surface area (Å²) in [7, 11) is -2.85. The van der Waals surface area contributed by atoms with Gasteiger partial charge in [0, 0.05) is 12.9 Å². The van der Waals surface area contributed by atoms with Crippen molar-refractivity contribution in [3.8, 4) is 0 Å². The Balaban J connectivity index is 3.69. The standard InChI is InChI=1S/C7H16O3S/c1-3-7(6-8)4-5-11(2,9)10/h7-8H,3-6H2,1-2H3. The third-order valence-electron chi connectivity index (χ3n) is 1.73. The quantitative estimate of drug-likeness (QED) is 0.668. The topological polar surface area (TPSA) is 54.4 Å². The first-order valence-electron chi connectivity index (χ1n) is 3.78. The van der Waals surface area contributed by atoms with Crippen molar-refractivity contribution < 1.29 is 13.5 Å². The Bertz CT molecular complexity index is 180. The molecule has 0 fully saturated rings. The van der Waals surface area contributed by atoms with Gasteiger partial charge in [0.05, 0.1) is 5.75 Å². The zero-order chi connectivity index (χ0) is 8.91. The van der Waals surface area contributed by atoms with Gasteiger partial charge in [0.15, 0.2) is 0 Å². The van der Waals surface area contributed by atoms with Gasteiger partial charge in [-0.25, -0.2) is 8.42 Å². The number of hydrogen-bond acceptors (Lipinski definition) is 3. The maximum Gasteiger partial charge on any atom is 0.147 e. The monoisotopic (exact) mass is 180 g/mol. The summed E-state index contributed by atoms with van der Waals surface area (Å²) >= 11 is 0. The van der Waals surface area contributed by atoms with Crippen LogP contribution in [0.5, 0.6) is 0 Å². The van der Waals surface area contributed by atoms with E-state index < -0.39 is 9.84 Å². The highest BCUT2D eigenvalue weighted by molar-refractivity contribution is 7.90. The smallest absolute Gasteiger partial charge is 0.147 e. The Morgan fingerprint density at radius 1 is 1.45 bits per heavy atom. The van der Waals surface area contributed by atoms with Gasteiger partial charge in [-0.15, -0.1) is 0 Å². The molecular formula is C7H16O3S. The normalized spacial score (nSPS) is 14.8. The molecule has 11 heavy (non-hydrogen) atoms. The van der Waals surface area contributed by atoms with Gasteiger partial charge in [-0.3, -0.25) is 0 Å². The molecule has 1 N–H and O–H groups in total. The fourth-order valence-electron chi connectivity index (χ4n) is 0.805. The van der Waals surface area contributed by atoms with Crippen molar-refractivity contribution in [3.63, 3.8) is 0 Å². The van der Waals surface area contributed by atoms with Crippen molar-refractivity contribution in [2.24, 2.45) is 5.92 Å². The van der Waals surface area contributed by atoms with E-state index in [0.29, 0.717) is 6.42 Å². The summed E-state index contributed by atoms with van der Waals surface area (Å²) in [6.45, 7) is 2.04. The second-order valence-electron chi connectivity index (χ2n) is 2.88. The number of rotatable bonds is 5. The fraction of sp³-hybridized carbons (Fsp3) is 1.00. The van der Waals surface area contributed by atoms with E-state index in [4.69, 9.17) is 5.11 Å². The van der Waals surface area contributed by atoms with E-state index in [2.05, 4.69) is 0 Å². The van der Waals surface area contributed by atoms with Gasteiger partial charge in [0.2, 0.25) is 0 Å². The van der Waals surface area contributed by atoms with E-state index in [0.717, 1.165) is 6.42 Å². The van der Waals surface area contributed by atoms with Crippen LogP contribution in [-0.2, 0) is 9.84 Å². The Hall–Kier alpha value is -0.0900. The Kier molecular flexibility index (Phi) is 4.68. The fourth-order valence-corrected chi connectivity index (χ4v) is 1.57. The number of aliphatic hydroxyl groups excluding tert-OH is 1. The molecular weight excluding hydrogens is 164 g/mol. The second-order valence-corrected chi connectivity index (χ2v) is 5.14. The van der Waals surface area contributed by atoms with Crippen molar-refractivity contribution in [2.45, 2.75) is 19.8 Å². The van der Waals surface area contributed by atoms with Crippen LogP contribution in [0.3, 0.4) is 0 Å². The SMILES string of the molecule is CCC(CO)CCS(C)(=O)=O. The predicted molar refractivity (Wildman–Crippen MR) is 45.2 cm³/mol. The highest BCUT2D eigenvalue weighted by atomic mass is 32.2. The largest absolute Gasteiger partial charge is 0.396 e. The average molecular weight is 180 g/mol. The molecule has 0 aromatic carbocycles. The predicted octanol–water partition coefficient (Wildman–Crippen LogP) is 0.440. The molecule has 4 heteroatoms. The summed E-state index contributed by atoms with van der Waals surface area (Å²) in [5.74, 6) is 0.330. The van der Waals surface area contributed by atoms with Gasteiger partial charge in [0.1, 0.15) is 9.84 Å². The first-order chi connectivity index (χ1) is 4.99. The van der Waals surface area contributed by atoms with Crippen LogP contribution in [0, 0.1) is 5.92 Å². The van der Waals surface area contributed by atoms with Crippen LogP contribution in [0.25, 0.3) is 0 Å². The van der Waals surface area contributed by atoms with Crippen LogP contribution in [-0.4, -0.2) is 32.1 Å². The highest BCUT2D eigenvalue weighted by Gasteiger charge is 2.08. The summed E-state index contributed by atoms with van der Waals surface area (Å²) in [5.41, 5.74) is 0. The molecule has 0 saturated heterocycles. The zero-order valence-corrected chi connectivity index (χ0v) is 7.89. The minimum atomic E-state index is -2.85. The number of sulfone groups is 1. The highest BCUT2D eigenvalue weighted by Crippen LogP contribution is 2.07. The van der Waals surface area contributed by atoms with Gasteiger partial charge in [-0.1, -0.05) is 13.3 Å². The molecule has 0 aliphatic heterocycles. The minimum absolute atomic E-state index is 0.0893. The third-order valence-corrected chi connectivity index (χ3v) is 2.71. The van der Waals surface area contributed by atoms with E-state index in [9.17, 15) is 8.42 Å². The average Bonchev–Trinajstić information content (AvgIpc) is 1.88. The van der Waals surface area contributed by atoms with Crippen molar-refractivity contribution in [1.82, 2.24) is 0 Å². The second kappa shape index (κ2) is 4.72. The van der Waals surface area contributed by atoms with Crippen molar-refractivity contribution in [3.05, 3.63) is 0 Å². The molecule has 0 rings (SSSR count). The lowest BCUT2D eigenvalue weighted by Gasteiger charge is -2.09. The van der Waals surface area contributed by atoms with Crippen LogP contribution in [0.1, 0.15) is 19.8 Å². The van der Waals surface area contributed by atoms with Crippen molar-refractivity contribution in [1.29, 1.82) is 0 Å². The van der Waals surface area contributed by atoms with E-state index in [-0.39, 0.29) is 18.3 Å². The maximum atomic E-state index is 10.7. The number of aliphatic hydroxyl groups is 1. The van der Waals surface area contributed by atoms with Gasteiger partial charge in [-0.05, 0) is 12.3 Å². The molecule has 1 unspecified atom stereocenters. The van der Waals surface area contributed by atoms with Crippen LogP contribution in [0.15, 0.2) is 0 Å². The molecule has 0 radical (unpaired) electrons. The van der Waals surface area contributed by atoms with E-state index >= 15 is 0 Å².